The Hall–Kier alpha value is -2.34. The normalized spacial score (nSPS) is 10.0. The number of pyridine rings is 1. The number of amides is 2. The van der Waals surface area contributed by atoms with Crippen LogP contribution in [0.3, 0.4) is 0 Å². The van der Waals surface area contributed by atoms with E-state index in [1.807, 2.05) is 18.2 Å². The van der Waals surface area contributed by atoms with Crippen molar-refractivity contribution in [1.29, 1.82) is 0 Å². The summed E-state index contributed by atoms with van der Waals surface area (Å²) in [5, 5.41) is 6.41. The van der Waals surface area contributed by atoms with E-state index in [0.29, 0.717) is 23.5 Å². The number of anilines is 2. The summed E-state index contributed by atoms with van der Waals surface area (Å²) in [4.78, 5) is 27.0. The molecule has 5 nitrogen and oxygen atoms in total. The molecule has 1 heterocycles. The molecule has 2 rings (SSSR count). The van der Waals surface area contributed by atoms with Gasteiger partial charge in [0.05, 0.1) is 5.03 Å². The monoisotopic (exact) mass is 315 g/mol. The number of nitrogens with one attached hydrogen (secondary N) is 2. The zero-order valence-electron chi connectivity index (χ0n) is 12.2. The Morgan fingerprint density at radius 3 is 2.32 bits per heavy atom. The van der Waals surface area contributed by atoms with Crippen LogP contribution < -0.4 is 10.6 Å². The number of carbonyl (C=O) groups is 2. The molecule has 0 aliphatic rings. The Kier molecular flexibility index (Phi) is 5.97. The fourth-order valence-electron chi connectivity index (χ4n) is 1.74. The SMILES string of the molecule is CC(=O)Nc1ccc(NC(=O)CCSc2ccccn2)cc1. The van der Waals surface area contributed by atoms with E-state index in [0.717, 1.165) is 5.03 Å². The van der Waals surface area contributed by atoms with Crippen molar-refractivity contribution in [2.24, 2.45) is 0 Å². The van der Waals surface area contributed by atoms with Gasteiger partial charge in [0.15, 0.2) is 0 Å². The number of hydrogen-bond donors (Lipinski definition) is 2. The van der Waals surface area contributed by atoms with Gasteiger partial charge in [0, 0.05) is 36.7 Å². The number of aromatic nitrogens is 1. The van der Waals surface area contributed by atoms with Gasteiger partial charge < -0.3 is 10.6 Å². The van der Waals surface area contributed by atoms with Crippen LogP contribution in [0, 0.1) is 0 Å². The topological polar surface area (TPSA) is 71.1 Å². The lowest BCUT2D eigenvalue weighted by Gasteiger charge is -2.07. The largest absolute Gasteiger partial charge is 0.326 e. The molecule has 2 aromatic rings. The van der Waals surface area contributed by atoms with Gasteiger partial charge in [0.25, 0.3) is 0 Å². The van der Waals surface area contributed by atoms with E-state index in [9.17, 15) is 9.59 Å². The molecule has 114 valence electrons. The third kappa shape index (κ3) is 5.57. The molecule has 0 fully saturated rings. The molecule has 6 heteroatoms. The molecule has 0 aliphatic carbocycles. The van der Waals surface area contributed by atoms with E-state index in [1.165, 1.54) is 6.92 Å². The fraction of sp³-hybridized carbons (Fsp3) is 0.188. The lowest BCUT2D eigenvalue weighted by Crippen LogP contribution is -2.12. The maximum absolute atomic E-state index is 11.9. The summed E-state index contributed by atoms with van der Waals surface area (Å²) in [7, 11) is 0. The van der Waals surface area contributed by atoms with Crippen molar-refractivity contribution in [2.45, 2.75) is 18.4 Å². The number of benzene rings is 1. The van der Waals surface area contributed by atoms with Crippen LogP contribution in [-0.2, 0) is 9.59 Å². The molecular formula is C16H17N3O2S. The Morgan fingerprint density at radius 2 is 1.73 bits per heavy atom. The van der Waals surface area contributed by atoms with Crippen LogP contribution in [0.2, 0.25) is 0 Å². The smallest absolute Gasteiger partial charge is 0.225 e. The van der Waals surface area contributed by atoms with Crippen molar-refractivity contribution in [3.63, 3.8) is 0 Å². The van der Waals surface area contributed by atoms with E-state index < -0.39 is 0 Å². The predicted octanol–water partition coefficient (Wildman–Crippen LogP) is 3.16. The average molecular weight is 315 g/mol. The molecule has 0 atom stereocenters. The Morgan fingerprint density at radius 1 is 1.05 bits per heavy atom. The van der Waals surface area contributed by atoms with Gasteiger partial charge in [-0.05, 0) is 36.4 Å². The number of nitrogens with zero attached hydrogens (tertiary/aromatic N) is 1. The van der Waals surface area contributed by atoms with Gasteiger partial charge in [-0.15, -0.1) is 11.8 Å². The van der Waals surface area contributed by atoms with E-state index in [2.05, 4.69) is 15.6 Å². The lowest BCUT2D eigenvalue weighted by atomic mass is 10.2. The molecule has 0 unspecified atom stereocenters. The van der Waals surface area contributed by atoms with Crippen LogP contribution in [0.15, 0.2) is 53.7 Å². The maximum atomic E-state index is 11.9. The van der Waals surface area contributed by atoms with E-state index in [1.54, 1.807) is 42.2 Å². The summed E-state index contributed by atoms with van der Waals surface area (Å²) in [6.07, 6.45) is 2.15. The van der Waals surface area contributed by atoms with Crippen molar-refractivity contribution in [2.75, 3.05) is 16.4 Å². The molecule has 2 amide bonds. The molecule has 1 aromatic carbocycles. The van der Waals surface area contributed by atoms with Gasteiger partial charge in [-0.2, -0.15) is 0 Å². The third-order valence-corrected chi connectivity index (χ3v) is 3.65. The molecule has 0 saturated heterocycles. The van der Waals surface area contributed by atoms with Crippen molar-refractivity contribution in [1.82, 2.24) is 4.98 Å². The van der Waals surface area contributed by atoms with Gasteiger partial charge in [0.2, 0.25) is 11.8 Å². The maximum Gasteiger partial charge on any atom is 0.225 e. The Bertz CT molecular complexity index is 630. The molecule has 2 N–H and O–H groups in total. The number of rotatable bonds is 6. The third-order valence-electron chi connectivity index (χ3n) is 2.71. The first-order chi connectivity index (χ1) is 10.6. The van der Waals surface area contributed by atoms with Crippen LogP contribution in [0.25, 0.3) is 0 Å². The van der Waals surface area contributed by atoms with Crippen LogP contribution >= 0.6 is 11.8 Å². The summed E-state index contributed by atoms with van der Waals surface area (Å²) >= 11 is 1.55. The zero-order chi connectivity index (χ0) is 15.8. The summed E-state index contributed by atoms with van der Waals surface area (Å²) in [5.74, 6) is 0.506. The van der Waals surface area contributed by atoms with Crippen LogP contribution in [-0.4, -0.2) is 22.6 Å². The van der Waals surface area contributed by atoms with Gasteiger partial charge in [0.1, 0.15) is 0 Å². The second kappa shape index (κ2) is 8.19. The molecular weight excluding hydrogens is 298 g/mol. The molecule has 0 bridgehead atoms. The highest BCUT2D eigenvalue weighted by atomic mass is 32.2. The standard InChI is InChI=1S/C16H17N3O2S/c1-12(20)18-13-5-7-14(8-6-13)19-15(21)9-11-22-16-4-2-3-10-17-16/h2-8,10H,9,11H2,1H3,(H,18,20)(H,19,21). The summed E-state index contributed by atoms with van der Waals surface area (Å²) in [6.45, 7) is 1.45. The number of carbonyl (C=O) groups excluding carboxylic acids is 2. The fourth-order valence-corrected chi connectivity index (χ4v) is 2.55. The highest BCUT2D eigenvalue weighted by Crippen LogP contribution is 2.16. The van der Waals surface area contributed by atoms with Crippen LogP contribution in [0.5, 0.6) is 0 Å². The highest BCUT2D eigenvalue weighted by Gasteiger charge is 2.04. The quantitative estimate of drug-likeness (QED) is 0.803. The predicted molar refractivity (Wildman–Crippen MR) is 89.0 cm³/mol. The molecule has 0 saturated carbocycles. The van der Waals surface area contributed by atoms with Crippen LogP contribution in [0.1, 0.15) is 13.3 Å². The first kappa shape index (κ1) is 16.0. The first-order valence-electron chi connectivity index (χ1n) is 6.85. The summed E-state index contributed by atoms with van der Waals surface area (Å²) in [5.41, 5.74) is 1.41. The molecule has 0 spiro atoms. The first-order valence-corrected chi connectivity index (χ1v) is 7.83. The summed E-state index contributed by atoms with van der Waals surface area (Å²) in [6, 6.07) is 12.7. The van der Waals surface area contributed by atoms with Crippen molar-refractivity contribution < 1.29 is 9.59 Å². The summed E-state index contributed by atoms with van der Waals surface area (Å²) < 4.78 is 0. The second-order valence-corrected chi connectivity index (χ2v) is 5.69. The Balaban J connectivity index is 1.75. The minimum atomic E-state index is -0.122. The molecule has 22 heavy (non-hydrogen) atoms. The van der Waals surface area contributed by atoms with Gasteiger partial charge >= 0.3 is 0 Å². The van der Waals surface area contributed by atoms with Gasteiger partial charge in [-0.3, -0.25) is 9.59 Å². The van der Waals surface area contributed by atoms with Crippen molar-refractivity contribution >= 4 is 35.0 Å². The van der Waals surface area contributed by atoms with E-state index in [-0.39, 0.29) is 11.8 Å². The van der Waals surface area contributed by atoms with Gasteiger partial charge in [-0.1, -0.05) is 6.07 Å². The second-order valence-electron chi connectivity index (χ2n) is 4.57. The number of hydrogen-bond acceptors (Lipinski definition) is 4. The molecule has 0 radical (unpaired) electrons. The average Bonchev–Trinajstić information content (AvgIpc) is 2.50. The van der Waals surface area contributed by atoms with Crippen molar-refractivity contribution in [3.05, 3.63) is 48.7 Å². The lowest BCUT2D eigenvalue weighted by molar-refractivity contribution is -0.116. The van der Waals surface area contributed by atoms with Crippen molar-refractivity contribution in [3.8, 4) is 0 Å². The minimum Gasteiger partial charge on any atom is -0.326 e. The Labute approximate surface area is 133 Å². The molecule has 0 aliphatic heterocycles. The van der Waals surface area contributed by atoms with Crippen LogP contribution in [0.4, 0.5) is 11.4 Å². The number of thioether (sulfide) groups is 1. The minimum absolute atomic E-state index is 0.0456. The molecule has 1 aromatic heterocycles. The van der Waals surface area contributed by atoms with E-state index in [4.69, 9.17) is 0 Å². The zero-order valence-corrected chi connectivity index (χ0v) is 13.0. The highest BCUT2D eigenvalue weighted by molar-refractivity contribution is 7.99. The van der Waals surface area contributed by atoms with Gasteiger partial charge in [-0.25, -0.2) is 4.98 Å². The van der Waals surface area contributed by atoms with E-state index >= 15 is 0 Å².